The molecule has 2 atom stereocenters. The Morgan fingerprint density at radius 2 is 1.43 bits per heavy atom. The number of hydrogen-bond acceptors (Lipinski definition) is 5. The third-order valence-electron chi connectivity index (χ3n) is 8.81. The molecule has 0 aliphatic rings. The molecule has 0 fully saturated rings. The second-order valence-corrected chi connectivity index (χ2v) is 14.7. The van der Waals surface area contributed by atoms with Gasteiger partial charge in [-0.2, -0.15) is 0 Å². The lowest BCUT2D eigenvalue weighted by Crippen LogP contribution is -2.43. The average Bonchev–Trinajstić information content (AvgIpc) is 3.56. The van der Waals surface area contributed by atoms with Crippen molar-refractivity contribution >= 4 is 52.6 Å². The number of hydrogen-bond donors (Lipinski definition) is 3. The topological polar surface area (TPSA) is 123 Å². The van der Waals surface area contributed by atoms with Gasteiger partial charge in [-0.15, -0.1) is 0 Å². The van der Waals surface area contributed by atoms with Crippen molar-refractivity contribution in [3.63, 3.8) is 0 Å². The summed E-state index contributed by atoms with van der Waals surface area (Å²) in [7, 11) is 0. The molecule has 0 aliphatic carbocycles. The molecular formula is C42H43Cl3N4O5. The lowest BCUT2D eigenvalue weighted by atomic mass is 10.0. The Labute approximate surface area is 330 Å². The van der Waals surface area contributed by atoms with Gasteiger partial charge < -0.3 is 25.0 Å². The van der Waals surface area contributed by atoms with Crippen LogP contribution in [-0.4, -0.2) is 38.5 Å². The first-order valence-corrected chi connectivity index (χ1v) is 19.0. The predicted molar refractivity (Wildman–Crippen MR) is 214 cm³/mol. The van der Waals surface area contributed by atoms with Gasteiger partial charge in [0.15, 0.2) is 0 Å². The van der Waals surface area contributed by atoms with Crippen LogP contribution in [0.25, 0.3) is 11.3 Å². The molecule has 0 saturated heterocycles. The van der Waals surface area contributed by atoms with Gasteiger partial charge in [-0.1, -0.05) is 86.3 Å². The van der Waals surface area contributed by atoms with Gasteiger partial charge in [0.25, 0.3) is 0 Å². The minimum atomic E-state index is -1.01. The normalized spacial score (nSPS) is 12.3. The smallest absolute Gasteiger partial charge is 0.335 e. The zero-order chi connectivity index (χ0) is 38.8. The molecule has 0 aliphatic heterocycles. The van der Waals surface area contributed by atoms with Gasteiger partial charge in [-0.3, -0.25) is 9.59 Å². The number of aryl methyl sites for hydroxylation is 1. The molecule has 0 radical (unpaired) electrons. The number of nitrogens with zero attached hydrogens (tertiary/aromatic N) is 2. The minimum Gasteiger partial charge on any atom is -0.478 e. The molecule has 3 N–H and O–H groups in total. The maximum Gasteiger partial charge on any atom is 0.335 e. The molecule has 54 heavy (non-hydrogen) atoms. The summed E-state index contributed by atoms with van der Waals surface area (Å²) in [5.74, 6) is 0.0795. The van der Waals surface area contributed by atoms with Crippen LogP contribution >= 0.6 is 34.8 Å². The van der Waals surface area contributed by atoms with E-state index in [9.17, 15) is 19.5 Å². The molecule has 0 bridgehead atoms. The van der Waals surface area contributed by atoms with Gasteiger partial charge in [0, 0.05) is 46.7 Å². The van der Waals surface area contributed by atoms with E-state index in [1.165, 1.54) is 12.1 Å². The third kappa shape index (κ3) is 11.3. The highest BCUT2D eigenvalue weighted by Crippen LogP contribution is 2.32. The first-order chi connectivity index (χ1) is 25.9. The Hall–Kier alpha value is -4.83. The first kappa shape index (κ1) is 40.4. The number of rotatable bonds is 17. The molecule has 1 aromatic heterocycles. The fourth-order valence-electron chi connectivity index (χ4n) is 5.90. The minimum absolute atomic E-state index is 0.0383. The van der Waals surface area contributed by atoms with Crippen LogP contribution in [0.1, 0.15) is 73.4 Å². The van der Waals surface area contributed by atoms with Crippen LogP contribution in [0.2, 0.25) is 15.1 Å². The number of aromatic nitrogens is 2. The van der Waals surface area contributed by atoms with Crippen molar-refractivity contribution < 1.29 is 24.2 Å². The second-order valence-electron chi connectivity index (χ2n) is 13.5. The maximum atomic E-state index is 14.0. The zero-order valence-corrected chi connectivity index (χ0v) is 32.6. The van der Waals surface area contributed by atoms with E-state index in [0.717, 1.165) is 29.5 Å². The van der Waals surface area contributed by atoms with Crippen molar-refractivity contribution in [1.29, 1.82) is 0 Å². The van der Waals surface area contributed by atoms with Crippen molar-refractivity contribution in [1.82, 2.24) is 20.2 Å². The van der Waals surface area contributed by atoms with Gasteiger partial charge in [0.05, 0.1) is 22.3 Å². The molecule has 2 amide bonds. The third-order valence-corrected chi connectivity index (χ3v) is 9.61. The van der Waals surface area contributed by atoms with E-state index in [2.05, 4.69) is 22.1 Å². The molecule has 282 valence electrons. The van der Waals surface area contributed by atoms with Crippen LogP contribution in [0.5, 0.6) is 11.5 Å². The summed E-state index contributed by atoms with van der Waals surface area (Å²) >= 11 is 19.0. The van der Waals surface area contributed by atoms with E-state index >= 15 is 0 Å². The molecule has 0 saturated carbocycles. The van der Waals surface area contributed by atoms with Crippen molar-refractivity contribution in [3.05, 3.63) is 135 Å². The summed E-state index contributed by atoms with van der Waals surface area (Å²) in [6, 6.07) is 25.3. The van der Waals surface area contributed by atoms with Crippen molar-refractivity contribution in [2.45, 2.75) is 71.5 Å². The molecule has 4 aromatic carbocycles. The number of carbonyl (C=O) groups excluding carboxylic acids is 2. The van der Waals surface area contributed by atoms with E-state index in [0.29, 0.717) is 57.5 Å². The van der Waals surface area contributed by atoms with E-state index in [4.69, 9.17) is 44.5 Å². The first-order valence-electron chi connectivity index (χ1n) is 17.8. The molecule has 1 heterocycles. The monoisotopic (exact) mass is 788 g/mol. The van der Waals surface area contributed by atoms with Crippen molar-refractivity contribution in [2.24, 2.45) is 5.92 Å². The number of carboxylic acid groups (broad SMARTS) is 1. The number of unbranched alkanes of at least 4 members (excludes halogenated alkanes) is 1. The highest BCUT2D eigenvalue weighted by Gasteiger charge is 2.26. The van der Waals surface area contributed by atoms with Gasteiger partial charge in [0.2, 0.25) is 11.8 Å². The number of benzene rings is 4. The van der Waals surface area contributed by atoms with Crippen LogP contribution < -0.4 is 15.4 Å². The van der Waals surface area contributed by atoms with E-state index in [1.807, 2.05) is 62.5 Å². The van der Waals surface area contributed by atoms with Crippen LogP contribution in [0.4, 0.5) is 0 Å². The Kier molecular flexibility index (Phi) is 14.2. The molecule has 9 nitrogen and oxygen atoms in total. The number of halogens is 3. The Morgan fingerprint density at radius 3 is 2.04 bits per heavy atom. The molecule has 5 aromatic rings. The highest BCUT2D eigenvalue weighted by molar-refractivity contribution is 6.36. The maximum absolute atomic E-state index is 14.0. The number of amides is 2. The van der Waals surface area contributed by atoms with Crippen LogP contribution in [0.15, 0.2) is 97.2 Å². The number of nitrogens with one attached hydrogen (secondary N) is 2. The molecule has 0 spiro atoms. The summed E-state index contributed by atoms with van der Waals surface area (Å²) in [6.07, 6.45) is 4.68. The van der Waals surface area contributed by atoms with E-state index < -0.39 is 18.1 Å². The summed E-state index contributed by atoms with van der Waals surface area (Å²) in [4.78, 5) is 43.2. The average molecular weight is 790 g/mol. The number of carboxylic acids is 1. The molecule has 12 heteroatoms. The van der Waals surface area contributed by atoms with Gasteiger partial charge in [-0.05, 0) is 97.1 Å². The van der Waals surface area contributed by atoms with Crippen molar-refractivity contribution in [3.8, 4) is 22.8 Å². The van der Waals surface area contributed by atoms with E-state index in [-0.39, 0.29) is 29.7 Å². The Balaban J connectivity index is 1.44. The zero-order valence-electron chi connectivity index (χ0n) is 30.3. The highest BCUT2D eigenvalue weighted by atomic mass is 35.5. The molecule has 5 rings (SSSR count). The van der Waals surface area contributed by atoms with Crippen molar-refractivity contribution in [2.75, 3.05) is 0 Å². The van der Waals surface area contributed by atoms with Gasteiger partial charge >= 0.3 is 5.97 Å². The largest absolute Gasteiger partial charge is 0.478 e. The van der Waals surface area contributed by atoms with E-state index in [1.54, 1.807) is 36.4 Å². The SMILES string of the molecule is CCCCn1cc(-c2ccc(Cl)cc2Cl)nc1[C@H](Cc1ccc(Oc2ccc(C(=O)O)cc2)cc1)NC(=O)C[C@H](Cc1ccc(Cl)cc1)NC(=O)C(C)C. The lowest BCUT2D eigenvalue weighted by Gasteiger charge is -2.23. The van der Waals surface area contributed by atoms with Crippen LogP contribution in [-0.2, 0) is 29.0 Å². The number of ether oxygens (including phenoxy) is 1. The fourth-order valence-corrected chi connectivity index (χ4v) is 6.54. The lowest BCUT2D eigenvalue weighted by molar-refractivity contribution is -0.125. The summed E-state index contributed by atoms with van der Waals surface area (Å²) in [6.45, 7) is 6.42. The number of imidazole rings is 1. The number of aromatic carboxylic acids is 1. The number of carbonyl (C=O) groups is 3. The van der Waals surface area contributed by atoms with Crippen LogP contribution in [0, 0.1) is 5.92 Å². The summed E-state index contributed by atoms with van der Waals surface area (Å²) < 4.78 is 8.03. The quantitative estimate of drug-likeness (QED) is 0.0862. The molecular weight excluding hydrogens is 747 g/mol. The summed E-state index contributed by atoms with van der Waals surface area (Å²) in [5, 5.41) is 17.1. The Bertz CT molecular complexity index is 2050. The second kappa shape index (κ2) is 19.0. The van der Waals surface area contributed by atoms with Gasteiger partial charge in [-0.25, -0.2) is 9.78 Å². The standard InChI is InChI=1S/C42H43Cl3N4O5/c1-4-5-20-49-25-38(35-19-14-31(44)23-36(35)45)48-40(49)37(22-28-8-15-33(16-9-28)54-34-17-10-29(11-18-34)42(52)53)47-39(50)24-32(46-41(51)26(2)3)21-27-6-12-30(43)13-7-27/h6-19,23,25-26,32,37H,4-5,20-22,24H2,1-3H3,(H,46,51)(H,47,50)(H,52,53)/t32-,37-/m0/s1. The Morgan fingerprint density at radius 1 is 0.815 bits per heavy atom. The summed E-state index contributed by atoms with van der Waals surface area (Å²) in [5.41, 5.74) is 3.40. The fraction of sp³-hybridized carbons (Fsp3) is 0.286. The van der Waals surface area contributed by atoms with Gasteiger partial charge in [0.1, 0.15) is 17.3 Å². The predicted octanol–water partition coefficient (Wildman–Crippen LogP) is 9.97. The van der Waals surface area contributed by atoms with Crippen LogP contribution in [0.3, 0.4) is 0 Å². The molecule has 0 unspecified atom stereocenters.